The van der Waals surface area contributed by atoms with Gasteiger partial charge in [-0.1, -0.05) is 60.7 Å². The Morgan fingerprint density at radius 3 is 2.36 bits per heavy atom. The summed E-state index contributed by atoms with van der Waals surface area (Å²) in [6.45, 7) is 1.27. The number of hydrogen-bond acceptors (Lipinski definition) is 4. The minimum Gasteiger partial charge on any atom is -0.387 e. The number of aromatic nitrogens is 1. The first kappa shape index (κ1) is 26.3. The number of aliphatic hydroxyl groups excluding tert-OH is 1. The highest BCUT2D eigenvalue weighted by molar-refractivity contribution is 6.11. The molecule has 1 aromatic heterocycles. The van der Waals surface area contributed by atoms with Crippen LogP contribution >= 0.6 is 24.8 Å². The molecule has 33 heavy (non-hydrogen) atoms. The van der Waals surface area contributed by atoms with Crippen molar-refractivity contribution in [3.8, 4) is 0 Å². The predicted molar refractivity (Wildman–Crippen MR) is 139 cm³/mol. The molecule has 0 spiro atoms. The molecular formula is C26H27Cl2N3O2. The van der Waals surface area contributed by atoms with Crippen molar-refractivity contribution in [1.29, 1.82) is 0 Å². The molecule has 0 saturated carbocycles. The van der Waals surface area contributed by atoms with Gasteiger partial charge >= 0.3 is 0 Å². The van der Waals surface area contributed by atoms with E-state index in [1.807, 2.05) is 78.9 Å². The maximum Gasteiger partial charge on any atom is 0.257 e. The average molecular weight is 484 g/mol. The van der Waals surface area contributed by atoms with Crippen molar-refractivity contribution in [3.05, 3.63) is 108 Å². The summed E-state index contributed by atoms with van der Waals surface area (Å²) in [6, 6.07) is 26.9. The number of benzene rings is 3. The van der Waals surface area contributed by atoms with E-state index in [0.717, 1.165) is 35.2 Å². The van der Waals surface area contributed by atoms with E-state index in [2.05, 4.69) is 15.6 Å². The third kappa shape index (κ3) is 7.01. The van der Waals surface area contributed by atoms with Crippen LogP contribution in [0.4, 0.5) is 5.69 Å². The summed E-state index contributed by atoms with van der Waals surface area (Å²) >= 11 is 0. The number of nitrogens with one attached hydrogen (secondary N) is 2. The molecule has 0 bridgehead atoms. The van der Waals surface area contributed by atoms with Gasteiger partial charge < -0.3 is 15.7 Å². The Morgan fingerprint density at radius 2 is 1.61 bits per heavy atom. The van der Waals surface area contributed by atoms with E-state index >= 15 is 0 Å². The van der Waals surface area contributed by atoms with Gasteiger partial charge in [0.05, 0.1) is 17.2 Å². The van der Waals surface area contributed by atoms with Crippen molar-refractivity contribution < 1.29 is 9.90 Å². The van der Waals surface area contributed by atoms with Crippen LogP contribution in [-0.4, -0.2) is 29.1 Å². The van der Waals surface area contributed by atoms with Gasteiger partial charge in [0.25, 0.3) is 5.91 Å². The quantitative estimate of drug-likeness (QED) is 0.301. The van der Waals surface area contributed by atoms with E-state index in [-0.39, 0.29) is 30.7 Å². The van der Waals surface area contributed by atoms with Crippen molar-refractivity contribution in [2.45, 2.75) is 12.5 Å². The molecule has 5 nitrogen and oxygen atoms in total. The van der Waals surface area contributed by atoms with Crippen LogP contribution in [-0.2, 0) is 6.42 Å². The Kier molecular flexibility index (Phi) is 10.3. The van der Waals surface area contributed by atoms with Crippen molar-refractivity contribution in [2.24, 2.45) is 0 Å². The van der Waals surface area contributed by atoms with Gasteiger partial charge in [-0.3, -0.25) is 9.78 Å². The lowest BCUT2D eigenvalue weighted by molar-refractivity contribution is 0.102. The van der Waals surface area contributed by atoms with Crippen LogP contribution in [0, 0.1) is 0 Å². The SMILES string of the molecule is Cl.Cl.O=C(Nc1ccc(CCNC[C@H](O)c2ccccc2)cc1)c1cccc2cccnc12. The van der Waals surface area contributed by atoms with E-state index < -0.39 is 6.10 Å². The molecule has 7 heteroatoms. The second-order valence-electron chi connectivity index (χ2n) is 7.41. The summed E-state index contributed by atoms with van der Waals surface area (Å²) in [5, 5.41) is 17.4. The molecule has 0 radical (unpaired) electrons. The molecule has 0 unspecified atom stereocenters. The van der Waals surface area contributed by atoms with Crippen LogP contribution in [0.2, 0.25) is 0 Å². The van der Waals surface area contributed by atoms with Crippen molar-refractivity contribution >= 4 is 47.3 Å². The summed E-state index contributed by atoms with van der Waals surface area (Å²) in [4.78, 5) is 17.1. The molecule has 1 amide bonds. The monoisotopic (exact) mass is 483 g/mol. The highest BCUT2D eigenvalue weighted by Crippen LogP contribution is 2.18. The number of aliphatic hydroxyl groups is 1. The Labute approximate surface area is 206 Å². The maximum atomic E-state index is 12.7. The first-order chi connectivity index (χ1) is 15.2. The van der Waals surface area contributed by atoms with Gasteiger partial charge in [-0.15, -0.1) is 24.8 Å². The summed E-state index contributed by atoms with van der Waals surface area (Å²) in [6.07, 6.45) is 2.02. The summed E-state index contributed by atoms with van der Waals surface area (Å²) in [7, 11) is 0. The zero-order chi connectivity index (χ0) is 21.5. The van der Waals surface area contributed by atoms with E-state index in [4.69, 9.17) is 0 Å². The number of anilines is 1. The summed E-state index contributed by atoms with van der Waals surface area (Å²) in [5.41, 5.74) is 4.07. The number of hydrogen-bond donors (Lipinski definition) is 3. The molecule has 172 valence electrons. The Balaban J connectivity index is 0.00000193. The Hall–Kier alpha value is -2.96. The van der Waals surface area contributed by atoms with Crippen LogP contribution in [0.15, 0.2) is 91.1 Å². The molecule has 1 heterocycles. The highest BCUT2D eigenvalue weighted by Gasteiger charge is 2.11. The van der Waals surface area contributed by atoms with Crippen molar-refractivity contribution in [2.75, 3.05) is 18.4 Å². The van der Waals surface area contributed by atoms with Crippen molar-refractivity contribution in [1.82, 2.24) is 10.3 Å². The van der Waals surface area contributed by atoms with Gasteiger partial charge in [-0.05, 0) is 48.4 Å². The third-order valence-corrected chi connectivity index (χ3v) is 5.20. The van der Waals surface area contributed by atoms with Crippen LogP contribution in [0.5, 0.6) is 0 Å². The van der Waals surface area contributed by atoms with E-state index in [0.29, 0.717) is 17.6 Å². The highest BCUT2D eigenvalue weighted by atomic mass is 35.5. The fraction of sp³-hybridized carbons (Fsp3) is 0.154. The van der Waals surface area contributed by atoms with Crippen LogP contribution in [0.3, 0.4) is 0 Å². The van der Waals surface area contributed by atoms with Crippen LogP contribution in [0.1, 0.15) is 27.6 Å². The van der Waals surface area contributed by atoms with E-state index in [9.17, 15) is 9.90 Å². The largest absolute Gasteiger partial charge is 0.387 e. The predicted octanol–water partition coefficient (Wildman–Crippen LogP) is 5.20. The van der Waals surface area contributed by atoms with E-state index in [1.165, 1.54) is 0 Å². The van der Waals surface area contributed by atoms with Gasteiger partial charge in [0.1, 0.15) is 0 Å². The van der Waals surface area contributed by atoms with Gasteiger partial charge in [0, 0.05) is 23.8 Å². The first-order valence-electron chi connectivity index (χ1n) is 10.4. The van der Waals surface area contributed by atoms with Gasteiger partial charge in [-0.25, -0.2) is 0 Å². The van der Waals surface area contributed by atoms with Gasteiger partial charge in [0.15, 0.2) is 0 Å². The molecule has 0 aliphatic heterocycles. The molecule has 1 atom stereocenters. The number of carbonyl (C=O) groups is 1. The molecule has 0 aliphatic carbocycles. The second-order valence-corrected chi connectivity index (χ2v) is 7.41. The second kappa shape index (κ2) is 12.9. The normalized spacial score (nSPS) is 11.2. The summed E-state index contributed by atoms with van der Waals surface area (Å²) in [5.74, 6) is -0.173. The van der Waals surface area contributed by atoms with Crippen LogP contribution < -0.4 is 10.6 Å². The van der Waals surface area contributed by atoms with Crippen molar-refractivity contribution in [3.63, 3.8) is 0 Å². The molecule has 3 aromatic carbocycles. The summed E-state index contributed by atoms with van der Waals surface area (Å²) < 4.78 is 0. The third-order valence-electron chi connectivity index (χ3n) is 5.20. The molecule has 0 aliphatic rings. The minimum absolute atomic E-state index is 0. The molecule has 4 rings (SSSR count). The lowest BCUT2D eigenvalue weighted by atomic mass is 10.1. The minimum atomic E-state index is -0.512. The lowest BCUT2D eigenvalue weighted by Crippen LogP contribution is -2.23. The smallest absolute Gasteiger partial charge is 0.257 e. The number of nitrogens with zero attached hydrogens (tertiary/aromatic N) is 1. The Bertz CT molecular complexity index is 1150. The number of carbonyl (C=O) groups excluding carboxylic acids is 1. The number of fused-ring (bicyclic) bond motifs is 1. The van der Waals surface area contributed by atoms with Crippen LogP contribution in [0.25, 0.3) is 10.9 Å². The number of para-hydroxylation sites is 1. The number of amides is 1. The molecule has 0 fully saturated rings. The molecule has 4 aromatic rings. The topological polar surface area (TPSA) is 74.2 Å². The van der Waals surface area contributed by atoms with E-state index in [1.54, 1.807) is 12.3 Å². The zero-order valence-corrected chi connectivity index (χ0v) is 19.6. The molecule has 0 saturated heterocycles. The fourth-order valence-corrected chi connectivity index (χ4v) is 3.51. The fourth-order valence-electron chi connectivity index (χ4n) is 3.51. The standard InChI is InChI=1S/C26H25N3O2.2ClH/c30-24(20-6-2-1-3-7-20)18-27-17-15-19-11-13-22(14-12-19)29-26(31)23-10-4-8-21-9-5-16-28-25(21)23;;/h1-14,16,24,27,30H,15,17-18H2,(H,29,31);2*1H/t24-;;/m0../s1. The maximum absolute atomic E-state index is 12.7. The number of halogens is 2. The lowest BCUT2D eigenvalue weighted by Gasteiger charge is -2.12. The number of rotatable bonds is 8. The molecular weight excluding hydrogens is 457 g/mol. The Morgan fingerprint density at radius 1 is 0.879 bits per heavy atom. The van der Waals surface area contributed by atoms with Gasteiger partial charge in [0.2, 0.25) is 0 Å². The first-order valence-corrected chi connectivity index (χ1v) is 10.4. The molecule has 3 N–H and O–H groups in total. The zero-order valence-electron chi connectivity index (χ0n) is 18.0. The average Bonchev–Trinajstić information content (AvgIpc) is 2.83. The number of pyridine rings is 1. The van der Waals surface area contributed by atoms with Gasteiger partial charge in [-0.2, -0.15) is 0 Å².